The monoisotopic (exact) mass is 553 g/mol. The lowest BCUT2D eigenvalue weighted by atomic mass is 10.1. The minimum Gasteiger partial charge on any atom is -0.357 e. The lowest BCUT2D eigenvalue weighted by Crippen LogP contribution is -2.38. The van der Waals surface area contributed by atoms with Crippen molar-refractivity contribution in [2.24, 2.45) is 4.99 Å². The minimum absolute atomic E-state index is 0. The molecule has 29 heavy (non-hydrogen) atoms. The van der Waals surface area contributed by atoms with Crippen LogP contribution in [0.4, 0.5) is 4.39 Å². The van der Waals surface area contributed by atoms with Crippen molar-refractivity contribution in [1.29, 1.82) is 0 Å². The standard InChI is InChI=1S/C20H25ClFN3O2S.HI/c1-3-23-20(24-11-10-15-4-7-18(21)8-5-15)25-13-17-12-19(22)9-6-16(17)14-28(2,26)27;/h4-9,12H,3,10-11,13-14H2,1-2H3,(H2,23,24,25);1H. The molecule has 0 fully saturated rings. The molecule has 9 heteroatoms. The number of nitrogens with zero attached hydrogens (tertiary/aromatic N) is 1. The zero-order chi connectivity index (χ0) is 20.6. The van der Waals surface area contributed by atoms with Crippen LogP contribution < -0.4 is 10.6 Å². The highest BCUT2D eigenvalue weighted by Crippen LogP contribution is 2.15. The molecule has 2 aromatic carbocycles. The van der Waals surface area contributed by atoms with Crippen LogP contribution in [0, 0.1) is 5.82 Å². The predicted molar refractivity (Wildman–Crippen MR) is 128 cm³/mol. The van der Waals surface area contributed by atoms with Crippen LogP contribution >= 0.6 is 35.6 Å². The molecule has 0 aromatic heterocycles. The van der Waals surface area contributed by atoms with E-state index in [0.29, 0.717) is 35.2 Å². The number of nitrogens with one attached hydrogen (secondary N) is 2. The third-order valence-corrected chi connectivity index (χ3v) is 5.04. The zero-order valence-corrected chi connectivity index (χ0v) is 20.3. The van der Waals surface area contributed by atoms with Crippen LogP contribution in [0.2, 0.25) is 5.02 Å². The van der Waals surface area contributed by atoms with Gasteiger partial charge >= 0.3 is 0 Å². The molecule has 160 valence electrons. The van der Waals surface area contributed by atoms with Crippen molar-refractivity contribution < 1.29 is 12.8 Å². The van der Waals surface area contributed by atoms with Crippen molar-refractivity contribution in [2.75, 3.05) is 19.3 Å². The number of aliphatic imine (C=N–C) groups is 1. The molecule has 0 heterocycles. The number of benzene rings is 2. The maximum absolute atomic E-state index is 13.6. The Hall–Kier alpha value is -1.39. The quantitative estimate of drug-likeness (QED) is 0.295. The normalized spacial score (nSPS) is 11.7. The first-order chi connectivity index (χ1) is 13.3. The van der Waals surface area contributed by atoms with Crippen LogP contribution in [-0.2, 0) is 28.6 Å². The highest BCUT2D eigenvalue weighted by atomic mass is 127. The zero-order valence-electron chi connectivity index (χ0n) is 16.4. The highest BCUT2D eigenvalue weighted by Gasteiger charge is 2.10. The molecule has 0 saturated heterocycles. The Bertz CT molecular complexity index is 922. The van der Waals surface area contributed by atoms with E-state index in [1.165, 1.54) is 18.2 Å². The summed E-state index contributed by atoms with van der Waals surface area (Å²) in [6.45, 7) is 3.46. The molecule has 0 atom stereocenters. The van der Waals surface area contributed by atoms with Crippen LogP contribution in [-0.4, -0.2) is 33.7 Å². The van der Waals surface area contributed by atoms with Crippen LogP contribution in [0.5, 0.6) is 0 Å². The lowest BCUT2D eigenvalue weighted by molar-refractivity contribution is 0.600. The molecule has 0 aliphatic heterocycles. The number of guanidine groups is 1. The van der Waals surface area contributed by atoms with Crippen LogP contribution in [0.25, 0.3) is 0 Å². The molecule has 2 aromatic rings. The van der Waals surface area contributed by atoms with E-state index in [9.17, 15) is 12.8 Å². The van der Waals surface area contributed by atoms with Gasteiger partial charge in [0, 0.05) is 24.4 Å². The molecule has 0 aliphatic carbocycles. The highest BCUT2D eigenvalue weighted by molar-refractivity contribution is 14.0. The molecular weight excluding hydrogens is 528 g/mol. The van der Waals surface area contributed by atoms with Crippen LogP contribution in [0.15, 0.2) is 47.5 Å². The molecular formula is C20H26ClFIN3O2S. The molecule has 0 spiro atoms. The summed E-state index contributed by atoms with van der Waals surface area (Å²) in [5.74, 6) is 0.0350. The van der Waals surface area contributed by atoms with Gasteiger partial charge < -0.3 is 10.6 Å². The summed E-state index contributed by atoms with van der Waals surface area (Å²) in [5.41, 5.74) is 2.26. The number of halogens is 3. The van der Waals surface area contributed by atoms with E-state index < -0.39 is 15.7 Å². The Morgan fingerprint density at radius 1 is 1.10 bits per heavy atom. The molecule has 0 aliphatic rings. The lowest BCUT2D eigenvalue weighted by Gasteiger charge is -2.12. The smallest absolute Gasteiger partial charge is 0.191 e. The number of hydrogen-bond donors (Lipinski definition) is 2. The Morgan fingerprint density at radius 3 is 2.41 bits per heavy atom. The Kier molecular flexibility index (Phi) is 10.9. The summed E-state index contributed by atoms with van der Waals surface area (Å²) >= 11 is 5.89. The number of hydrogen-bond acceptors (Lipinski definition) is 3. The SMILES string of the molecule is CCNC(=NCc1cc(F)ccc1CS(C)(=O)=O)NCCc1ccc(Cl)cc1.I. The fourth-order valence-corrected chi connectivity index (χ4v) is 3.62. The average molecular weight is 554 g/mol. The van der Waals surface area contributed by atoms with Gasteiger partial charge in [0.1, 0.15) is 5.82 Å². The minimum atomic E-state index is -3.22. The molecule has 0 bridgehead atoms. The van der Waals surface area contributed by atoms with Gasteiger partial charge in [-0.1, -0.05) is 29.8 Å². The fourth-order valence-electron chi connectivity index (χ4n) is 2.65. The van der Waals surface area contributed by atoms with Crippen LogP contribution in [0.1, 0.15) is 23.6 Å². The largest absolute Gasteiger partial charge is 0.357 e. The molecule has 0 saturated carbocycles. The van der Waals surface area contributed by atoms with E-state index in [4.69, 9.17) is 11.6 Å². The van der Waals surface area contributed by atoms with Gasteiger partial charge in [-0.15, -0.1) is 24.0 Å². The first-order valence-corrected chi connectivity index (χ1v) is 11.4. The van der Waals surface area contributed by atoms with Gasteiger partial charge in [-0.25, -0.2) is 17.8 Å². The van der Waals surface area contributed by atoms with Gasteiger partial charge in [0.2, 0.25) is 0 Å². The second kappa shape index (κ2) is 12.3. The summed E-state index contributed by atoms with van der Waals surface area (Å²) in [6, 6.07) is 11.7. The van der Waals surface area contributed by atoms with Crippen molar-refractivity contribution in [3.05, 3.63) is 70.0 Å². The van der Waals surface area contributed by atoms with Crippen molar-refractivity contribution in [3.63, 3.8) is 0 Å². The second-order valence-corrected chi connectivity index (χ2v) is 9.06. The van der Waals surface area contributed by atoms with Crippen LogP contribution in [0.3, 0.4) is 0 Å². The summed E-state index contributed by atoms with van der Waals surface area (Å²) in [4.78, 5) is 4.47. The molecule has 2 rings (SSSR count). The average Bonchev–Trinajstić information content (AvgIpc) is 2.62. The first-order valence-electron chi connectivity index (χ1n) is 8.98. The summed E-state index contributed by atoms with van der Waals surface area (Å²) < 4.78 is 36.9. The number of rotatable bonds is 8. The summed E-state index contributed by atoms with van der Waals surface area (Å²) in [7, 11) is -3.22. The van der Waals surface area contributed by atoms with Gasteiger partial charge in [0.25, 0.3) is 0 Å². The van der Waals surface area contributed by atoms with Crippen molar-refractivity contribution in [1.82, 2.24) is 10.6 Å². The Morgan fingerprint density at radius 2 is 1.79 bits per heavy atom. The first kappa shape index (κ1) is 25.6. The van der Waals surface area contributed by atoms with Gasteiger partial charge in [0.05, 0.1) is 12.3 Å². The molecule has 5 nitrogen and oxygen atoms in total. The number of sulfone groups is 1. The maximum Gasteiger partial charge on any atom is 0.191 e. The fraction of sp³-hybridized carbons (Fsp3) is 0.350. The van der Waals surface area contributed by atoms with E-state index in [-0.39, 0.29) is 36.3 Å². The maximum atomic E-state index is 13.6. The second-order valence-electron chi connectivity index (χ2n) is 6.48. The van der Waals surface area contributed by atoms with E-state index in [1.807, 2.05) is 31.2 Å². The van der Waals surface area contributed by atoms with E-state index in [0.717, 1.165) is 18.2 Å². The van der Waals surface area contributed by atoms with Gasteiger partial charge in [-0.05, 0) is 54.3 Å². The molecule has 0 amide bonds. The molecule has 2 N–H and O–H groups in total. The van der Waals surface area contributed by atoms with Crippen molar-refractivity contribution in [2.45, 2.75) is 25.6 Å². The molecule has 0 unspecified atom stereocenters. The molecule has 0 radical (unpaired) electrons. The Balaban J connectivity index is 0.00000420. The van der Waals surface area contributed by atoms with Crippen molar-refractivity contribution >= 4 is 51.4 Å². The van der Waals surface area contributed by atoms with E-state index >= 15 is 0 Å². The third kappa shape index (κ3) is 9.77. The summed E-state index contributed by atoms with van der Waals surface area (Å²) in [5, 5.41) is 7.07. The van der Waals surface area contributed by atoms with Gasteiger partial charge in [-0.2, -0.15) is 0 Å². The topological polar surface area (TPSA) is 70.6 Å². The van der Waals surface area contributed by atoms with E-state index in [1.54, 1.807) is 0 Å². The van der Waals surface area contributed by atoms with E-state index in [2.05, 4.69) is 15.6 Å². The van der Waals surface area contributed by atoms with Crippen molar-refractivity contribution in [3.8, 4) is 0 Å². The van der Waals surface area contributed by atoms with Gasteiger partial charge in [-0.3, -0.25) is 0 Å². The predicted octanol–water partition coefficient (Wildman–Crippen LogP) is 3.94. The van der Waals surface area contributed by atoms with Gasteiger partial charge in [0.15, 0.2) is 15.8 Å². The third-order valence-electron chi connectivity index (χ3n) is 3.96. The Labute approximate surface area is 194 Å². The summed E-state index contributed by atoms with van der Waals surface area (Å²) in [6.07, 6.45) is 1.95.